The number of halogens is 1. The molecule has 0 radical (unpaired) electrons. The van der Waals surface area contributed by atoms with E-state index < -0.39 is 0 Å². The molecule has 0 atom stereocenters. The number of benzene rings is 1. The van der Waals surface area contributed by atoms with Crippen LogP contribution in [0.3, 0.4) is 0 Å². The Hall–Kier alpha value is -1.95. The number of piperidine rings is 1. The van der Waals surface area contributed by atoms with Crippen molar-refractivity contribution in [2.75, 3.05) is 18.4 Å². The normalized spacial score (nSPS) is 16.1. The summed E-state index contributed by atoms with van der Waals surface area (Å²) in [6.07, 6.45) is 2.92. The van der Waals surface area contributed by atoms with E-state index in [1.54, 1.807) is 12.1 Å². The zero-order valence-electron chi connectivity index (χ0n) is 13.3. The van der Waals surface area contributed by atoms with Crippen LogP contribution in [-0.4, -0.2) is 40.1 Å². The summed E-state index contributed by atoms with van der Waals surface area (Å²) in [6.45, 7) is 2.61. The van der Waals surface area contributed by atoms with Crippen molar-refractivity contribution in [2.24, 2.45) is 0 Å². The Morgan fingerprint density at radius 3 is 2.79 bits per heavy atom. The van der Waals surface area contributed by atoms with Gasteiger partial charge in [0.25, 0.3) is 5.91 Å². The maximum absolute atomic E-state index is 12.2. The van der Waals surface area contributed by atoms with Gasteiger partial charge in [0.1, 0.15) is 5.69 Å². The lowest BCUT2D eigenvalue weighted by Crippen LogP contribution is -2.35. The fourth-order valence-electron chi connectivity index (χ4n) is 2.79. The highest BCUT2D eigenvalue weighted by Gasteiger charge is 2.17. The molecule has 24 heavy (non-hydrogen) atoms. The Kier molecular flexibility index (Phi) is 5.45. The lowest BCUT2D eigenvalue weighted by atomic mass is 10.1. The van der Waals surface area contributed by atoms with Crippen LogP contribution in [0.15, 0.2) is 42.6 Å². The van der Waals surface area contributed by atoms with Crippen molar-refractivity contribution in [3.63, 3.8) is 0 Å². The third kappa shape index (κ3) is 4.54. The zero-order valence-corrected chi connectivity index (χ0v) is 14.0. The van der Waals surface area contributed by atoms with Crippen molar-refractivity contribution in [1.29, 1.82) is 0 Å². The monoisotopic (exact) mass is 345 g/mol. The van der Waals surface area contributed by atoms with E-state index in [-0.39, 0.29) is 12.0 Å². The van der Waals surface area contributed by atoms with Crippen LogP contribution in [0.1, 0.15) is 28.9 Å². The molecule has 2 heterocycles. The third-order valence-corrected chi connectivity index (χ3v) is 4.33. The fourth-order valence-corrected chi connectivity index (χ4v) is 2.90. The quantitative estimate of drug-likeness (QED) is 0.894. The van der Waals surface area contributed by atoms with Crippen LogP contribution in [0.5, 0.6) is 0 Å². The van der Waals surface area contributed by atoms with Gasteiger partial charge in [-0.05, 0) is 42.7 Å². The van der Waals surface area contributed by atoms with E-state index in [2.05, 4.69) is 15.2 Å². The molecule has 1 fully saturated rings. The molecular formula is C18H20ClN3O2. The summed E-state index contributed by atoms with van der Waals surface area (Å²) >= 11 is 5.78. The number of aliphatic hydroxyl groups is 1. The number of carbonyl (C=O) groups excluding carboxylic acids is 1. The molecule has 126 valence electrons. The third-order valence-electron chi connectivity index (χ3n) is 4.11. The molecule has 3 rings (SSSR count). The molecule has 0 bridgehead atoms. The van der Waals surface area contributed by atoms with Crippen LogP contribution in [0.25, 0.3) is 0 Å². The number of rotatable bonds is 4. The van der Waals surface area contributed by atoms with Gasteiger partial charge in [0.05, 0.1) is 11.1 Å². The number of aromatic nitrogens is 1. The smallest absolute Gasteiger partial charge is 0.274 e. The molecule has 6 heteroatoms. The number of hydrogen-bond donors (Lipinski definition) is 2. The number of likely N-dealkylation sites (tertiary alicyclic amines) is 1. The first kappa shape index (κ1) is 16.9. The van der Waals surface area contributed by atoms with Crippen LogP contribution in [0.2, 0.25) is 5.02 Å². The van der Waals surface area contributed by atoms with Crippen molar-refractivity contribution in [1.82, 2.24) is 9.88 Å². The first-order chi connectivity index (χ1) is 11.6. The summed E-state index contributed by atoms with van der Waals surface area (Å²) in [5, 5.41) is 12.9. The zero-order chi connectivity index (χ0) is 16.9. The van der Waals surface area contributed by atoms with Gasteiger partial charge in [0.15, 0.2) is 0 Å². The summed E-state index contributed by atoms with van der Waals surface area (Å²) in [5.74, 6) is -0.259. The van der Waals surface area contributed by atoms with Gasteiger partial charge >= 0.3 is 0 Å². The average molecular weight is 346 g/mol. The molecule has 0 unspecified atom stereocenters. The van der Waals surface area contributed by atoms with Crippen molar-refractivity contribution in [3.8, 4) is 0 Å². The Balaban J connectivity index is 1.62. The fraction of sp³-hybridized carbons (Fsp3) is 0.333. The summed E-state index contributed by atoms with van der Waals surface area (Å²) in [7, 11) is 0. The van der Waals surface area contributed by atoms with Gasteiger partial charge in [-0.3, -0.25) is 9.69 Å². The first-order valence-corrected chi connectivity index (χ1v) is 8.40. The molecule has 2 N–H and O–H groups in total. The van der Waals surface area contributed by atoms with Crippen LogP contribution in [-0.2, 0) is 6.54 Å². The van der Waals surface area contributed by atoms with Gasteiger partial charge in [-0.15, -0.1) is 0 Å². The van der Waals surface area contributed by atoms with Crippen molar-refractivity contribution >= 4 is 23.2 Å². The lowest BCUT2D eigenvalue weighted by Gasteiger charge is -2.29. The highest BCUT2D eigenvalue weighted by Crippen LogP contribution is 2.17. The van der Waals surface area contributed by atoms with Crippen LogP contribution < -0.4 is 5.32 Å². The van der Waals surface area contributed by atoms with Gasteiger partial charge in [-0.2, -0.15) is 0 Å². The average Bonchev–Trinajstić information content (AvgIpc) is 2.58. The number of carbonyl (C=O) groups is 1. The highest BCUT2D eigenvalue weighted by molar-refractivity contribution is 6.30. The molecule has 1 aromatic heterocycles. The van der Waals surface area contributed by atoms with Crippen LogP contribution >= 0.6 is 11.6 Å². The molecule has 0 saturated carbocycles. The van der Waals surface area contributed by atoms with E-state index in [0.717, 1.165) is 43.7 Å². The molecule has 1 aliphatic rings. The summed E-state index contributed by atoms with van der Waals surface area (Å²) in [5.41, 5.74) is 2.20. The maximum atomic E-state index is 12.2. The largest absolute Gasteiger partial charge is 0.393 e. The summed E-state index contributed by atoms with van der Waals surface area (Å²) < 4.78 is 0. The van der Waals surface area contributed by atoms with E-state index in [4.69, 9.17) is 11.6 Å². The van der Waals surface area contributed by atoms with Gasteiger partial charge in [0, 0.05) is 31.5 Å². The molecule has 5 nitrogen and oxygen atoms in total. The molecule has 0 aliphatic carbocycles. The number of pyridine rings is 1. The number of hydrogen-bond acceptors (Lipinski definition) is 4. The lowest BCUT2D eigenvalue weighted by molar-refractivity contribution is 0.0792. The highest BCUT2D eigenvalue weighted by atomic mass is 35.5. The molecule has 1 amide bonds. The standard InChI is InChI=1S/C18H20ClN3O2/c19-14-4-5-17(20-11-14)18(24)21-15-3-1-2-13(10-15)12-22-8-6-16(23)7-9-22/h1-5,10-11,16,23H,6-9,12H2,(H,21,24). The van der Waals surface area contributed by atoms with Gasteiger partial charge < -0.3 is 10.4 Å². The Morgan fingerprint density at radius 2 is 2.08 bits per heavy atom. The summed E-state index contributed by atoms with van der Waals surface area (Å²) in [6, 6.07) is 11.0. The van der Waals surface area contributed by atoms with Gasteiger partial charge in [0.2, 0.25) is 0 Å². The molecular weight excluding hydrogens is 326 g/mol. The SMILES string of the molecule is O=C(Nc1cccc(CN2CCC(O)CC2)c1)c1ccc(Cl)cn1. The number of amides is 1. The Labute approximate surface area is 146 Å². The maximum Gasteiger partial charge on any atom is 0.274 e. The predicted octanol–water partition coefficient (Wildman–Crippen LogP) is 2.94. The van der Waals surface area contributed by atoms with E-state index in [0.29, 0.717) is 10.7 Å². The van der Waals surface area contributed by atoms with Crippen LogP contribution in [0, 0.1) is 0 Å². The second-order valence-electron chi connectivity index (χ2n) is 6.02. The van der Waals surface area contributed by atoms with Crippen molar-refractivity contribution in [2.45, 2.75) is 25.5 Å². The Bertz CT molecular complexity index is 698. The topological polar surface area (TPSA) is 65.5 Å². The second-order valence-corrected chi connectivity index (χ2v) is 6.46. The molecule has 1 aliphatic heterocycles. The molecule has 1 aromatic carbocycles. The second kappa shape index (κ2) is 7.75. The first-order valence-electron chi connectivity index (χ1n) is 8.02. The predicted molar refractivity (Wildman–Crippen MR) is 94.2 cm³/mol. The minimum atomic E-state index is -0.259. The molecule has 1 saturated heterocycles. The van der Waals surface area contributed by atoms with E-state index in [1.165, 1.54) is 6.20 Å². The summed E-state index contributed by atoms with van der Waals surface area (Å²) in [4.78, 5) is 18.5. The van der Waals surface area contributed by atoms with Crippen molar-refractivity contribution in [3.05, 3.63) is 58.9 Å². The number of nitrogens with zero attached hydrogens (tertiary/aromatic N) is 2. The minimum absolute atomic E-state index is 0.168. The van der Waals surface area contributed by atoms with Crippen LogP contribution in [0.4, 0.5) is 5.69 Å². The van der Waals surface area contributed by atoms with Crippen molar-refractivity contribution < 1.29 is 9.90 Å². The van der Waals surface area contributed by atoms with Gasteiger partial charge in [-0.25, -0.2) is 4.98 Å². The number of nitrogens with one attached hydrogen (secondary N) is 1. The van der Waals surface area contributed by atoms with Gasteiger partial charge in [-0.1, -0.05) is 23.7 Å². The molecule has 0 spiro atoms. The van der Waals surface area contributed by atoms with E-state index >= 15 is 0 Å². The van der Waals surface area contributed by atoms with E-state index in [9.17, 15) is 9.90 Å². The Morgan fingerprint density at radius 1 is 1.29 bits per heavy atom. The number of anilines is 1. The molecule has 2 aromatic rings. The van der Waals surface area contributed by atoms with E-state index in [1.807, 2.05) is 24.3 Å². The minimum Gasteiger partial charge on any atom is -0.393 e. The number of aliphatic hydroxyl groups excluding tert-OH is 1.